The molecule has 0 heterocycles. The molecule has 0 aliphatic heterocycles. The summed E-state index contributed by atoms with van der Waals surface area (Å²) in [6.45, 7) is 1.48. The zero-order chi connectivity index (χ0) is 10.7. The van der Waals surface area contributed by atoms with Crippen molar-refractivity contribution in [3.05, 3.63) is 23.8 Å². The number of carbonyl (C=O) groups is 1. The third kappa shape index (κ3) is 2.47. The first-order valence-electron chi connectivity index (χ1n) is 4.08. The molecular formula is C10H11ClOS2. The van der Waals surface area contributed by atoms with E-state index in [1.807, 2.05) is 24.5 Å². The van der Waals surface area contributed by atoms with Gasteiger partial charge in [-0.25, -0.2) is 0 Å². The van der Waals surface area contributed by atoms with Crippen molar-refractivity contribution < 1.29 is 4.79 Å². The Hall–Kier alpha value is -0.120. The highest BCUT2D eigenvalue weighted by atomic mass is 35.5. The molecule has 1 unspecified atom stereocenters. The van der Waals surface area contributed by atoms with Gasteiger partial charge in [0, 0.05) is 9.79 Å². The topological polar surface area (TPSA) is 17.1 Å². The maximum Gasteiger partial charge on any atom is 0.152 e. The lowest BCUT2D eigenvalue weighted by Crippen LogP contribution is -2.02. The van der Waals surface area contributed by atoms with Crippen LogP contribution in [0.4, 0.5) is 0 Å². The molecule has 0 spiro atoms. The van der Waals surface area contributed by atoms with Gasteiger partial charge in [-0.1, -0.05) is 12.1 Å². The minimum atomic E-state index is -0.588. The maximum atomic E-state index is 11.1. The van der Waals surface area contributed by atoms with Crippen LogP contribution in [0.15, 0.2) is 28.0 Å². The molecule has 0 aromatic heterocycles. The van der Waals surface area contributed by atoms with Gasteiger partial charge in [-0.15, -0.1) is 36.0 Å². The summed E-state index contributed by atoms with van der Waals surface area (Å²) in [6, 6.07) is 5.68. The molecule has 4 heteroatoms. The van der Waals surface area contributed by atoms with Crippen LogP contribution >= 0.6 is 36.0 Å². The number of hydrogen-bond donors (Lipinski definition) is 1. The zero-order valence-corrected chi connectivity index (χ0v) is 10.4. The van der Waals surface area contributed by atoms with Crippen LogP contribution in [-0.4, -0.2) is 12.0 Å². The van der Waals surface area contributed by atoms with Gasteiger partial charge in [0.15, 0.2) is 5.78 Å². The molecule has 14 heavy (non-hydrogen) atoms. The number of benzene rings is 1. The first kappa shape index (κ1) is 12.0. The molecule has 0 radical (unpaired) electrons. The van der Waals surface area contributed by atoms with Crippen molar-refractivity contribution >= 4 is 41.8 Å². The summed E-state index contributed by atoms with van der Waals surface area (Å²) in [6.07, 6.45) is 1.97. The third-order valence-electron chi connectivity index (χ3n) is 1.88. The number of Topliss-reactive ketones (excluding diaryl/α,β-unsaturated/α-hetero) is 1. The first-order chi connectivity index (χ1) is 6.57. The van der Waals surface area contributed by atoms with E-state index in [-0.39, 0.29) is 5.78 Å². The lowest BCUT2D eigenvalue weighted by atomic mass is 10.1. The van der Waals surface area contributed by atoms with Crippen molar-refractivity contribution in [1.82, 2.24) is 0 Å². The second-order valence-electron chi connectivity index (χ2n) is 2.87. The minimum absolute atomic E-state index is 0.0554. The van der Waals surface area contributed by atoms with Crippen molar-refractivity contribution in [2.45, 2.75) is 22.1 Å². The fourth-order valence-corrected chi connectivity index (χ4v) is 2.46. The first-order valence-corrected chi connectivity index (χ1v) is 6.19. The molecule has 0 aliphatic rings. The van der Waals surface area contributed by atoms with Crippen LogP contribution in [0, 0.1) is 0 Å². The number of alkyl halides is 1. The average molecular weight is 247 g/mol. The maximum absolute atomic E-state index is 11.1. The van der Waals surface area contributed by atoms with Crippen LogP contribution in [0.3, 0.4) is 0 Å². The highest BCUT2D eigenvalue weighted by Gasteiger charge is 2.16. The molecule has 1 atom stereocenters. The van der Waals surface area contributed by atoms with Gasteiger partial charge in [-0.05, 0) is 24.8 Å². The molecule has 1 aromatic carbocycles. The Balaban J connectivity index is 3.15. The van der Waals surface area contributed by atoms with E-state index in [2.05, 4.69) is 12.6 Å². The summed E-state index contributed by atoms with van der Waals surface area (Å²) in [5, 5.41) is -0.588. The second kappa shape index (κ2) is 5.10. The smallest absolute Gasteiger partial charge is 0.152 e. The average Bonchev–Trinajstić information content (AvgIpc) is 2.17. The van der Waals surface area contributed by atoms with Crippen LogP contribution in [0.2, 0.25) is 0 Å². The standard InChI is InChI=1S/C10H11ClOS2/c1-6(12)9(11)7-4-3-5-8(14-2)10(7)13/h3-5,9,13H,1-2H3. The van der Waals surface area contributed by atoms with Crippen LogP contribution < -0.4 is 0 Å². The van der Waals surface area contributed by atoms with Gasteiger partial charge < -0.3 is 0 Å². The molecule has 0 N–H and O–H groups in total. The molecular weight excluding hydrogens is 236 g/mol. The highest BCUT2D eigenvalue weighted by molar-refractivity contribution is 7.99. The molecule has 1 rings (SSSR count). The van der Waals surface area contributed by atoms with E-state index in [9.17, 15) is 4.79 Å². The minimum Gasteiger partial charge on any atom is -0.298 e. The molecule has 0 saturated heterocycles. The Morgan fingerprint density at radius 3 is 2.71 bits per heavy atom. The molecule has 0 aliphatic carbocycles. The number of thioether (sulfide) groups is 1. The van der Waals surface area contributed by atoms with E-state index >= 15 is 0 Å². The molecule has 1 aromatic rings. The Kier molecular flexibility index (Phi) is 4.35. The largest absolute Gasteiger partial charge is 0.298 e. The van der Waals surface area contributed by atoms with Crippen LogP contribution in [0.25, 0.3) is 0 Å². The van der Waals surface area contributed by atoms with Crippen molar-refractivity contribution in [2.75, 3.05) is 6.26 Å². The Bertz CT molecular complexity index is 352. The summed E-state index contributed by atoms with van der Waals surface area (Å²) >= 11 is 11.9. The summed E-state index contributed by atoms with van der Waals surface area (Å²) in [7, 11) is 0. The molecule has 0 bridgehead atoms. The number of ketones is 1. The van der Waals surface area contributed by atoms with Crippen molar-refractivity contribution in [3.8, 4) is 0 Å². The molecule has 0 saturated carbocycles. The highest BCUT2D eigenvalue weighted by Crippen LogP contribution is 2.33. The molecule has 0 amide bonds. The van der Waals surface area contributed by atoms with E-state index in [1.54, 1.807) is 11.8 Å². The van der Waals surface area contributed by atoms with Crippen LogP contribution in [0.1, 0.15) is 17.9 Å². The lowest BCUT2D eigenvalue weighted by molar-refractivity contribution is -0.116. The summed E-state index contributed by atoms with van der Waals surface area (Å²) in [5.74, 6) is -0.0554. The summed E-state index contributed by atoms with van der Waals surface area (Å²) in [5.41, 5.74) is 0.786. The second-order valence-corrected chi connectivity index (χ2v) is 4.60. The van der Waals surface area contributed by atoms with Crippen LogP contribution in [0.5, 0.6) is 0 Å². The van der Waals surface area contributed by atoms with Crippen LogP contribution in [-0.2, 0) is 4.79 Å². The van der Waals surface area contributed by atoms with E-state index < -0.39 is 5.38 Å². The number of hydrogen-bond acceptors (Lipinski definition) is 3. The Morgan fingerprint density at radius 2 is 2.21 bits per heavy atom. The summed E-state index contributed by atoms with van der Waals surface area (Å²) < 4.78 is 0. The number of carbonyl (C=O) groups excluding carboxylic acids is 1. The van der Waals surface area contributed by atoms with E-state index in [0.29, 0.717) is 0 Å². The van der Waals surface area contributed by atoms with E-state index in [0.717, 1.165) is 15.4 Å². The van der Waals surface area contributed by atoms with E-state index in [4.69, 9.17) is 11.6 Å². The number of halogens is 1. The van der Waals surface area contributed by atoms with Gasteiger partial charge in [0.05, 0.1) is 0 Å². The fourth-order valence-electron chi connectivity index (χ4n) is 1.13. The zero-order valence-electron chi connectivity index (χ0n) is 7.95. The summed E-state index contributed by atoms with van der Waals surface area (Å²) in [4.78, 5) is 13.0. The van der Waals surface area contributed by atoms with Gasteiger partial charge in [0.2, 0.25) is 0 Å². The number of rotatable bonds is 3. The predicted octanol–water partition coefficient (Wildman–Crippen LogP) is 3.57. The predicted molar refractivity (Wildman–Crippen MR) is 64.8 cm³/mol. The molecule has 1 nitrogen and oxygen atoms in total. The van der Waals surface area contributed by atoms with Crippen molar-refractivity contribution in [3.63, 3.8) is 0 Å². The molecule has 76 valence electrons. The quantitative estimate of drug-likeness (QED) is 0.499. The molecule has 0 fully saturated rings. The number of thiol groups is 1. The normalized spacial score (nSPS) is 12.6. The fraction of sp³-hybridized carbons (Fsp3) is 0.300. The van der Waals surface area contributed by atoms with Crippen molar-refractivity contribution in [1.29, 1.82) is 0 Å². The van der Waals surface area contributed by atoms with Gasteiger partial charge in [-0.3, -0.25) is 4.79 Å². The lowest BCUT2D eigenvalue weighted by Gasteiger charge is -2.11. The van der Waals surface area contributed by atoms with Gasteiger partial charge in [-0.2, -0.15) is 0 Å². The van der Waals surface area contributed by atoms with Gasteiger partial charge in [0.1, 0.15) is 5.38 Å². The van der Waals surface area contributed by atoms with Gasteiger partial charge in [0.25, 0.3) is 0 Å². The Morgan fingerprint density at radius 1 is 1.57 bits per heavy atom. The van der Waals surface area contributed by atoms with Crippen molar-refractivity contribution in [2.24, 2.45) is 0 Å². The SMILES string of the molecule is CSc1cccc(C(Cl)C(C)=O)c1S. The van der Waals surface area contributed by atoms with E-state index in [1.165, 1.54) is 6.92 Å². The third-order valence-corrected chi connectivity index (χ3v) is 3.85. The monoisotopic (exact) mass is 246 g/mol. The Labute approximate surface area is 98.6 Å². The van der Waals surface area contributed by atoms with Gasteiger partial charge >= 0.3 is 0 Å².